The molecule has 0 aliphatic rings. The SMILES string of the molecule is CCC(C/C(N)=N/O)NC(=O)c1cc(Br)ccc1Br. The fraction of sp³-hybridized carbons (Fsp3) is 0.333. The van der Waals surface area contributed by atoms with Gasteiger partial charge in [-0.25, -0.2) is 0 Å². The molecule has 0 heterocycles. The van der Waals surface area contributed by atoms with Crippen molar-refractivity contribution in [3.8, 4) is 0 Å². The number of amides is 1. The van der Waals surface area contributed by atoms with Crippen LogP contribution in [0.1, 0.15) is 30.1 Å². The average molecular weight is 393 g/mol. The zero-order valence-corrected chi connectivity index (χ0v) is 13.5. The van der Waals surface area contributed by atoms with Crippen molar-refractivity contribution in [3.63, 3.8) is 0 Å². The molecule has 7 heteroatoms. The van der Waals surface area contributed by atoms with Crippen molar-refractivity contribution < 1.29 is 10.0 Å². The van der Waals surface area contributed by atoms with E-state index < -0.39 is 0 Å². The quantitative estimate of drug-likeness (QED) is 0.311. The monoisotopic (exact) mass is 391 g/mol. The first-order valence-electron chi connectivity index (χ1n) is 5.70. The largest absolute Gasteiger partial charge is 0.409 e. The molecule has 104 valence electrons. The van der Waals surface area contributed by atoms with Crippen LogP contribution in [0.3, 0.4) is 0 Å². The number of nitrogens with two attached hydrogens (primary N) is 1. The maximum atomic E-state index is 12.2. The van der Waals surface area contributed by atoms with Crippen molar-refractivity contribution in [3.05, 3.63) is 32.7 Å². The van der Waals surface area contributed by atoms with Crippen LogP contribution in [0.2, 0.25) is 0 Å². The number of carbonyl (C=O) groups excluding carboxylic acids is 1. The number of nitrogens with zero attached hydrogens (tertiary/aromatic N) is 1. The van der Waals surface area contributed by atoms with Gasteiger partial charge in [0.25, 0.3) is 5.91 Å². The Labute approximate surface area is 128 Å². The summed E-state index contributed by atoms with van der Waals surface area (Å²) >= 11 is 6.66. The van der Waals surface area contributed by atoms with Gasteiger partial charge in [0.05, 0.1) is 5.56 Å². The zero-order valence-electron chi connectivity index (χ0n) is 10.4. The number of rotatable bonds is 5. The van der Waals surface area contributed by atoms with Crippen molar-refractivity contribution in [1.29, 1.82) is 0 Å². The highest BCUT2D eigenvalue weighted by molar-refractivity contribution is 9.11. The predicted molar refractivity (Wildman–Crippen MR) is 81.4 cm³/mol. The minimum absolute atomic E-state index is 0.0976. The second-order valence-electron chi connectivity index (χ2n) is 4.00. The Morgan fingerprint density at radius 2 is 2.21 bits per heavy atom. The van der Waals surface area contributed by atoms with E-state index in [2.05, 4.69) is 42.3 Å². The summed E-state index contributed by atoms with van der Waals surface area (Å²) in [6.45, 7) is 1.92. The second kappa shape index (κ2) is 7.49. The Kier molecular flexibility index (Phi) is 6.30. The van der Waals surface area contributed by atoms with E-state index in [1.807, 2.05) is 13.0 Å². The molecule has 1 amide bonds. The van der Waals surface area contributed by atoms with Crippen molar-refractivity contribution in [2.75, 3.05) is 0 Å². The number of amidine groups is 1. The molecule has 0 aliphatic heterocycles. The lowest BCUT2D eigenvalue weighted by atomic mass is 10.1. The molecule has 0 bridgehead atoms. The topological polar surface area (TPSA) is 87.7 Å². The number of hydrogen-bond acceptors (Lipinski definition) is 3. The third kappa shape index (κ3) is 4.83. The van der Waals surface area contributed by atoms with Crippen LogP contribution in [0.5, 0.6) is 0 Å². The lowest BCUT2D eigenvalue weighted by Crippen LogP contribution is -2.37. The number of benzene rings is 1. The molecule has 0 aliphatic carbocycles. The van der Waals surface area contributed by atoms with Gasteiger partial charge in [-0.15, -0.1) is 0 Å². The van der Waals surface area contributed by atoms with Crippen LogP contribution in [-0.2, 0) is 0 Å². The van der Waals surface area contributed by atoms with E-state index in [1.54, 1.807) is 12.1 Å². The molecule has 0 aromatic heterocycles. The first kappa shape index (κ1) is 16.0. The van der Waals surface area contributed by atoms with Gasteiger partial charge in [0, 0.05) is 21.4 Å². The molecule has 0 saturated heterocycles. The standard InChI is InChI=1S/C12H15Br2N3O2/c1-2-8(6-11(15)17-19)16-12(18)9-5-7(13)3-4-10(9)14/h3-5,8,19H,2,6H2,1H3,(H2,15,17)(H,16,18). The first-order chi connectivity index (χ1) is 8.97. The summed E-state index contributed by atoms with van der Waals surface area (Å²) in [5.41, 5.74) is 5.98. The summed E-state index contributed by atoms with van der Waals surface area (Å²) in [7, 11) is 0. The fourth-order valence-corrected chi connectivity index (χ4v) is 2.31. The maximum absolute atomic E-state index is 12.2. The molecule has 0 spiro atoms. The van der Waals surface area contributed by atoms with E-state index in [-0.39, 0.29) is 17.8 Å². The summed E-state index contributed by atoms with van der Waals surface area (Å²) in [4.78, 5) is 12.2. The minimum atomic E-state index is -0.203. The number of halogens is 2. The Bertz CT molecular complexity index is 492. The maximum Gasteiger partial charge on any atom is 0.252 e. The highest BCUT2D eigenvalue weighted by Gasteiger charge is 2.16. The van der Waals surface area contributed by atoms with Crippen LogP contribution in [0.4, 0.5) is 0 Å². The van der Waals surface area contributed by atoms with Crippen LogP contribution in [-0.4, -0.2) is 23.0 Å². The van der Waals surface area contributed by atoms with Gasteiger partial charge in [0.15, 0.2) is 0 Å². The first-order valence-corrected chi connectivity index (χ1v) is 7.28. The molecule has 5 nitrogen and oxygen atoms in total. The van der Waals surface area contributed by atoms with Crippen LogP contribution >= 0.6 is 31.9 Å². The molecular weight excluding hydrogens is 378 g/mol. The van der Waals surface area contributed by atoms with Gasteiger partial charge in [-0.1, -0.05) is 28.0 Å². The normalized spacial score (nSPS) is 13.1. The van der Waals surface area contributed by atoms with Gasteiger partial charge in [0.1, 0.15) is 5.84 Å². The van der Waals surface area contributed by atoms with E-state index in [9.17, 15) is 4.79 Å². The summed E-state index contributed by atoms with van der Waals surface area (Å²) < 4.78 is 1.54. The van der Waals surface area contributed by atoms with Crippen LogP contribution in [0.15, 0.2) is 32.3 Å². The highest BCUT2D eigenvalue weighted by Crippen LogP contribution is 2.21. The number of carbonyl (C=O) groups is 1. The van der Waals surface area contributed by atoms with E-state index in [0.29, 0.717) is 22.9 Å². The summed E-state index contributed by atoms with van der Waals surface area (Å²) in [6.07, 6.45) is 0.998. The molecule has 1 rings (SSSR count). The molecule has 1 unspecified atom stereocenters. The Balaban J connectivity index is 2.80. The predicted octanol–water partition coefficient (Wildman–Crippen LogP) is 2.86. The second-order valence-corrected chi connectivity index (χ2v) is 5.77. The number of nitrogens with one attached hydrogen (secondary N) is 1. The summed E-state index contributed by atoms with van der Waals surface area (Å²) in [5.74, 6) is -0.105. The molecule has 1 aromatic rings. The minimum Gasteiger partial charge on any atom is -0.409 e. The molecule has 0 fully saturated rings. The van der Waals surface area contributed by atoms with Gasteiger partial charge in [-0.05, 0) is 40.5 Å². The number of hydrogen-bond donors (Lipinski definition) is 3. The summed E-state index contributed by atoms with van der Waals surface area (Å²) in [6, 6.07) is 5.20. The van der Waals surface area contributed by atoms with Gasteiger partial charge in [-0.2, -0.15) is 0 Å². The van der Waals surface area contributed by atoms with Crippen molar-refractivity contribution in [2.45, 2.75) is 25.8 Å². The fourth-order valence-electron chi connectivity index (χ4n) is 1.53. The third-order valence-electron chi connectivity index (χ3n) is 2.59. The lowest BCUT2D eigenvalue weighted by Gasteiger charge is -2.16. The molecule has 0 saturated carbocycles. The molecule has 1 aromatic carbocycles. The third-order valence-corrected chi connectivity index (χ3v) is 3.77. The molecule has 1 atom stereocenters. The zero-order chi connectivity index (χ0) is 14.4. The van der Waals surface area contributed by atoms with Gasteiger partial charge < -0.3 is 16.3 Å². The number of oxime groups is 1. The van der Waals surface area contributed by atoms with Gasteiger partial charge >= 0.3 is 0 Å². The van der Waals surface area contributed by atoms with Crippen LogP contribution < -0.4 is 11.1 Å². The molecular formula is C12H15Br2N3O2. The van der Waals surface area contributed by atoms with E-state index in [1.165, 1.54) is 0 Å². The molecule has 0 radical (unpaired) electrons. The smallest absolute Gasteiger partial charge is 0.252 e. The Morgan fingerprint density at radius 1 is 1.53 bits per heavy atom. The van der Waals surface area contributed by atoms with Crippen molar-refractivity contribution in [1.82, 2.24) is 5.32 Å². The van der Waals surface area contributed by atoms with Crippen molar-refractivity contribution in [2.24, 2.45) is 10.9 Å². The van der Waals surface area contributed by atoms with Crippen LogP contribution in [0, 0.1) is 0 Å². The van der Waals surface area contributed by atoms with E-state index >= 15 is 0 Å². The Morgan fingerprint density at radius 3 is 2.79 bits per heavy atom. The Hall–Kier alpha value is -1.08. The van der Waals surface area contributed by atoms with Gasteiger partial charge in [0.2, 0.25) is 0 Å². The lowest BCUT2D eigenvalue weighted by molar-refractivity contribution is 0.0936. The van der Waals surface area contributed by atoms with Crippen LogP contribution in [0.25, 0.3) is 0 Å². The van der Waals surface area contributed by atoms with E-state index in [0.717, 1.165) is 4.47 Å². The van der Waals surface area contributed by atoms with Crippen molar-refractivity contribution >= 4 is 43.6 Å². The van der Waals surface area contributed by atoms with Gasteiger partial charge in [-0.3, -0.25) is 4.79 Å². The molecule has 19 heavy (non-hydrogen) atoms. The molecule has 4 N–H and O–H groups in total. The summed E-state index contributed by atoms with van der Waals surface area (Å²) in [5, 5.41) is 14.3. The average Bonchev–Trinajstić information content (AvgIpc) is 2.40. The van der Waals surface area contributed by atoms with E-state index in [4.69, 9.17) is 10.9 Å². The highest BCUT2D eigenvalue weighted by atomic mass is 79.9.